The molecule has 1 aliphatic heterocycles. The van der Waals surface area contributed by atoms with Gasteiger partial charge in [-0.3, -0.25) is 4.79 Å². The summed E-state index contributed by atoms with van der Waals surface area (Å²) in [6.45, 7) is 1.44. The minimum absolute atomic E-state index is 0.0252. The Hall–Kier alpha value is -6.77. The second kappa shape index (κ2) is 21.5. The van der Waals surface area contributed by atoms with Gasteiger partial charge in [-0.1, -0.05) is 94.8 Å². The van der Waals surface area contributed by atoms with Crippen LogP contribution in [-0.2, 0) is 19.4 Å². The number of carbonyl (C=O) groups excluding carboxylic acids is 1. The quantitative estimate of drug-likeness (QED) is 0.0864. The van der Waals surface area contributed by atoms with Gasteiger partial charge in [0.1, 0.15) is 0 Å². The lowest BCUT2D eigenvalue weighted by Crippen LogP contribution is -2.36. The second-order valence-electron chi connectivity index (χ2n) is 12.8. The topological polar surface area (TPSA) is 222 Å². The van der Waals surface area contributed by atoms with Crippen LogP contribution < -0.4 is 4.90 Å². The van der Waals surface area contributed by atoms with Crippen LogP contribution in [-0.4, -0.2) is 87.9 Å². The minimum atomic E-state index is -3.43. The summed E-state index contributed by atoms with van der Waals surface area (Å²) >= 11 is 6.19. The summed E-state index contributed by atoms with van der Waals surface area (Å²) in [7, 11) is -2.00. The molecular weight excluding hydrogens is 843 g/mol. The Balaban J connectivity index is 0.000000140. The number of anilines is 1. The lowest BCUT2D eigenvalue weighted by molar-refractivity contribution is -0.146. The summed E-state index contributed by atoms with van der Waals surface area (Å²) in [4.78, 5) is 13.8. The average molecular weight is 882 g/mol. The summed E-state index contributed by atoms with van der Waals surface area (Å²) in [6, 6.07) is 38.5. The number of methoxy groups -OCH3 is 1. The number of thioether (sulfide) groups is 1. The van der Waals surface area contributed by atoms with Gasteiger partial charge in [0.05, 0.1) is 13.0 Å². The van der Waals surface area contributed by atoms with Crippen molar-refractivity contribution in [3.63, 3.8) is 0 Å². The second-order valence-corrected chi connectivity index (χ2v) is 15.8. The van der Waals surface area contributed by atoms with Crippen LogP contribution in [0.3, 0.4) is 0 Å². The molecule has 1 fully saturated rings. The van der Waals surface area contributed by atoms with E-state index in [1.165, 1.54) is 18.9 Å². The zero-order valence-corrected chi connectivity index (χ0v) is 35.5. The fourth-order valence-corrected chi connectivity index (χ4v) is 6.32. The number of hydrogen-bond donors (Lipinski definition) is 1. The number of carbonyl (C=O) groups is 1. The number of sulfone groups is 1. The molecule has 0 bridgehead atoms. The SMILES string of the molecule is COC(=O)C1CCN(c2nnc(-c3ccccc3)o2)CC1.CS(=O)(=O)c1nnc(-c2ccccc2)o1.CSc1nnc(-c2ccccc2)o1.S=c1[nH]nc(-c2ccccc2)o1. The van der Waals surface area contributed by atoms with Crippen LogP contribution in [0.2, 0.25) is 0 Å². The van der Waals surface area contributed by atoms with Crippen LogP contribution in [0, 0.1) is 10.8 Å². The molecule has 5 heterocycles. The van der Waals surface area contributed by atoms with Gasteiger partial charge in [-0.15, -0.1) is 25.5 Å². The first-order valence-corrected chi connectivity index (χ1v) is 22.0. The van der Waals surface area contributed by atoms with E-state index in [1.54, 1.807) is 24.3 Å². The van der Waals surface area contributed by atoms with Gasteiger partial charge >= 0.3 is 17.2 Å². The number of aromatic nitrogens is 8. The van der Waals surface area contributed by atoms with Gasteiger partial charge in [-0.2, -0.15) is 0 Å². The molecule has 4 aromatic heterocycles. The van der Waals surface area contributed by atoms with Crippen LogP contribution in [0.15, 0.2) is 149 Å². The number of hydrogen-bond acceptors (Lipinski definition) is 18. The molecule has 0 aliphatic carbocycles. The summed E-state index contributed by atoms with van der Waals surface area (Å²) < 4.78 is 48.2. The molecule has 314 valence electrons. The number of rotatable bonds is 8. The highest BCUT2D eigenvalue weighted by molar-refractivity contribution is 7.98. The van der Waals surface area contributed by atoms with Crippen molar-refractivity contribution >= 4 is 45.8 Å². The first-order valence-electron chi connectivity index (χ1n) is 18.5. The van der Waals surface area contributed by atoms with Crippen LogP contribution in [0.1, 0.15) is 12.8 Å². The number of nitrogens with zero attached hydrogens (tertiary/aromatic N) is 8. The maximum absolute atomic E-state index is 11.5. The normalized spacial score (nSPS) is 12.5. The maximum atomic E-state index is 11.5. The van der Waals surface area contributed by atoms with Crippen LogP contribution in [0.5, 0.6) is 0 Å². The molecular formula is C41H39N9O8S3. The van der Waals surface area contributed by atoms with Crippen LogP contribution in [0.4, 0.5) is 6.01 Å². The Morgan fingerprint density at radius 1 is 0.672 bits per heavy atom. The van der Waals surface area contributed by atoms with E-state index in [9.17, 15) is 13.2 Å². The fourth-order valence-electron chi connectivity index (χ4n) is 5.49. The van der Waals surface area contributed by atoms with E-state index in [2.05, 4.69) is 40.8 Å². The molecule has 1 N–H and O–H groups in total. The van der Waals surface area contributed by atoms with Gasteiger partial charge in [0.2, 0.25) is 33.4 Å². The summed E-state index contributed by atoms with van der Waals surface area (Å²) in [6.07, 6.45) is 4.42. The summed E-state index contributed by atoms with van der Waals surface area (Å²) in [5, 5.41) is 29.8. The van der Waals surface area contributed by atoms with E-state index in [0.29, 0.717) is 39.3 Å². The van der Waals surface area contributed by atoms with Gasteiger partial charge in [-0.05, 0) is 79.8 Å². The number of nitrogens with one attached hydrogen (secondary N) is 1. The third-order valence-corrected chi connectivity index (χ3v) is 10.0. The molecule has 0 saturated carbocycles. The zero-order valence-electron chi connectivity index (χ0n) is 33.0. The van der Waals surface area contributed by atoms with Crippen molar-refractivity contribution in [3.05, 3.63) is 126 Å². The molecule has 0 unspecified atom stereocenters. The molecule has 0 atom stereocenters. The van der Waals surface area contributed by atoms with Crippen molar-refractivity contribution in [1.82, 2.24) is 40.8 Å². The van der Waals surface area contributed by atoms with E-state index >= 15 is 0 Å². The third-order valence-electron chi connectivity index (χ3n) is 8.54. The van der Waals surface area contributed by atoms with Gasteiger partial charge in [0.15, 0.2) is 0 Å². The third kappa shape index (κ3) is 12.6. The Kier molecular flexibility index (Phi) is 15.4. The largest absolute Gasteiger partial charge is 0.469 e. The van der Waals surface area contributed by atoms with Gasteiger partial charge in [0, 0.05) is 41.6 Å². The molecule has 9 rings (SSSR count). The van der Waals surface area contributed by atoms with E-state index in [-0.39, 0.29) is 23.0 Å². The van der Waals surface area contributed by atoms with Crippen molar-refractivity contribution in [2.45, 2.75) is 23.3 Å². The Morgan fingerprint density at radius 2 is 1.13 bits per heavy atom. The maximum Gasteiger partial charge on any atom is 0.335 e. The summed E-state index contributed by atoms with van der Waals surface area (Å²) in [5.74, 6) is 1.66. The van der Waals surface area contributed by atoms with Crippen molar-refractivity contribution in [3.8, 4) is 45.8 Å². The zero-order chi connectivity index (χ0) is 43.0. The van der Waals surface area contributed by atoms with E-state index in [1.807, 2.05) is 108 Å². The molecule has 4 aromatic carbocycles. The first kappa shape index (κ1) is 43.8. The van der Waals surface area contributed by atoms with Crippen molar-refractivity contribution in [1.29, 1.82) is 0 Å². The molecule has 1 saturated heterocycles. The number of aromatic amines is 1. The Bertz CT molecular complexity index is 2720. The van der Waals surface area contributed by atoms with Crippen molar-refractivity contribution in [2.75, 3.05) is 37.6 Å². The van der Waals surface area contributed by atoms with Crippen LogP contribution in [0.25, 0.3) is 45.8 Å². The lowest BCUT2D eigenvalue weighted by atomic mass is 9.97. The molecule has 17 nitrogen and oxygen atoms in total. The number of H-pyrrole nitrogens is 1. The highest BCUT2D eigenvalue weighted by Gasteiger charge is 2.28. The molecule has 0 spiro atoms. The van der Waals surface area contributed by atoms with E-state index in [0.717, 1.165) is 48.9 Å². The van der Waals surface area contributed by atoms with Gasteiger partial charge in [0.25, 0.3) is 10.1 Å². The first-order chi connectivity index (χ1) is 29.6. The Labute approximate surface area is 359 Å². The van der Waals surface area contributed by atoms with Crippen molar-refractivity contribution in [2.24, 2.45) is 5.92 Å². The monoisotopic (exact) mass is 881 g/mol. The highest BCUT2D eigenvalue weighted by atomic mass is 32.2. The number of piperidine rings is 1. The Morgan fingerprint density at radius 3 is 1.56 bits per heavy atom. The standard InChI is InChI=1S/C15H17N3O3.C9H8N2O3S.C9H8N2OS.C8H6N2OS/c1-20-14(19)12-7-9-18(10-8-12)15-17-16-13(21-15)11-5-3-2-4-6-11;1-15(12,13)9-11-10-8(14-9)7-5-3-2-4-6-7;1-13-9-11-10-8(12-9)7-5-3-2-4-6-7;12-8-10-9-7(11-8)6-4-2-1-3-5-6/h2-6,12H,7-10H2,1H3;2-6H,1H3;2-6H,1H3;1-5H,(H,10,12). The molecule has 20 heteroatoms. The number of benzene rings is 4. The molecule has 61 heavy (non-hydrogen) atoms. The van der Waals surface area contributed by atoms with Gasteiger partial charge in [-0.25, -0.2) is 13.5 Å². The molecule has 0 amide bonds. The molecule has 0 radical (unpaired) electrons. The average Bonchev–Trinajstić information content (AvgIpc) is 4.16. The van der Waals surface area contributed by atoms with Gasteiger partial charge < -0.3 is 27.3 Å². The summed E-state index contributed by atoms with van der Waals surface area (Å²) in [5.41, 5.74) is 3.47. The number of esters is 1. The van der Waals surface area contributed by atoms with Crippen molar-refractivity contribution < 1.29 is 35.6 Å². The predicted molar refractivity (Wildman–Crippen MR) is 228 cm³/mol. The predicted octanol–water partition coefficient (Wildman–Crippen LogP) is 8.12. The minimum Gasteiger partial charge on any atom is -0.469 e. The lowest BCUT2D eigenvalue weighted by Gasteiger charge is -2.28. The molecule has 1 aliphatic rings. The van der Waals surface area contributed by atoms with E-state index < -0.39 is 9.84 Å². The number of ether oxygens (including phenoxy) is 1. The highest BCUT2D eigenvalue weighted by Crippen LogP contribution is 2.26. The fraction of sp³-hybridized carbons (Fsp3) is 0.195. The van der Waals surface area contributed by atoms with E-state index in [4.69, 9.17) is 34.6 Å². The smallest absolute Gasteiger partial charge is 0.335 e. The molecule has 8 aromatic rings. The van der Waals surface area contributed by atoms with Crippen LogP contribution >= 0.6 is 24.0 Å².